The minimum Gasteiger partial charge on any atom is -0.273 e. The van der Waals surface area contributed by atoms with Crippen LogP contribution in [0.1, 0.15) is 13.3 Å². The van der Waals surface area contributed by atoms with Crippen LogP contribution in [0.4, 0.5) is 0 Å². The third-order valence-corrected chi connectivity index (χ3v) is 4.58. The van der Waals surface area contributed by atoms with Crippen LogP contribution in [-0.4, -0.2) is 42.7 Å². The monoisotopic (exact) mass is 160 g/mol. The molecule has 0 spiro atoms. The van der Waals surface area contributed by atoms with Crippen molar-refractivity contribution in [2.75, 3.05) is 33.3 Å². The maximum Gasteiger partial charge on any atom is 0.0386 e. The highest BCUT2D eigenvalue weighted by atomic mass is 31.1. The molecule has 0 bridgehead atoms. The summed E-state index contributed by atoms with van der Waals surface area (Å²) in [5.74, 6) is 0. The van der Waals surface area contributed by atoms with Gasteiger partial charge < -0.3 is 0 Å². The third-order valence-electron chi connectivity index (χ3n) is 2.03. The SMILES string of the molecule is CCP1N(C)CCCN1C. The van der Waals surface area contributed by atoms with Crippen LogP contribution in [0.5, 0.6) is 0 Å². The molecule has 2 nitrogen and oxygen atoms in total. The van der Waals surface area contributed by atoms with Gasteiger partial charge in [-0.25, -0.2) is 0 Å². The average molecular weight is 160 g/mol. The van der Waals surface area contributed by atoms with Gasteiger partial charge in [0.1, 0.15) is 0 Å². The predicted molar refractivity (Wildman–Crippen MR) is 47.3 cm³/mol. The summed E-state index contributed by atoms with van der Waals surface area (Å²) in [6, 6.07) is 0. The fourth-order valence-corrected chi connectivity index (χ4v) is 3.73. The molecule has 1 fully saturated rings. The molecule has 10 heavy (non-hydrogen) atoms. The summed E-state index contributed by atoms with van der Waals surface area (Å²) in [6.07, 6.45) is 2.65. The second-order valence-electron chi connectivity index (χ2n) is 2.80. The summed E-state index contributed by atoms with van der Waals surface area (Å²) in [6.45, 7) is 4.87. The van der Waals surface area contributed by atoms with Crippen molar-refractivity contribution >= 4 is 8.22 Å². The first-order chi connectivity index (χ1) is 4.75. The van der Waals surface area contributed by atoms with E-state index in [4.69, 9.17) is 0 Å². The topological polar surface area (TPSA) is 6.48 Å². The Morgan fingerprint density at radius 2 is 1.70 bits per heavy atom. The van der Waals surface area contributed by atoms with Crippen molar-refractivity contribution in [3.8, 4) is 0 Å². The van der Waals surface area contributed by atoms with E-state index in [0.29, 0.717) is 0 Å². The minimum absolute atomic E-state index is 0.0747. The molecule has 0 atom stereocenters. The van der Waals surface area contributed by atoms with Crippen LogP contribution in [0, 0.1) is 0 Å². The smallest absolute Gasteiger partial charge is 0.0386 e. The average Bonchev–Trinajstić information content (AvgIpc) is 1.88. The Balaban J connectivity index is 2.45. The van der Waals surface area contributed by atoms with Gasteiger partial charge in [0.25, 0.3) is 0 Å². The Hall–Kier alpha value is 0.350. The Kier molecular flexibility index (Phi) is 3.09. The summed E-state index contributed by atoms with van der Waals surface area (Å²) in [5, 5.41) is 0. The van der Waals surface area contributed by atoms with Crippen molar-refractivity contribution in [1.29, 1.82) is 0 Å². The van der Waals surface area contributed by atoms with Crippen LogP contribution in [0.2, 0.25) is 0 Å². The van der Waals surface area contributed by atoms with E-state index in [9.17, 15) is 0 Å². The molecule has 60 valence electrons. The summed E-state index contributed by atoms with van der Waals surface area (Å²) in [4.78, 5) is 0. The van der Waals surface area contributed by atoms with E-state index < -0.39 is 0 Å². The molecule has 1 aliphatic rings. The first-order valence-corrected chi connectivity index (χ1v) is 5.38. The van der Waals surface area contributed by atoms with E-state index >= 15 is 0 Å². The van der Waals surface area contributed by atoms with Crippen molar-refractivity contribution in [3.63, 3.8) is 0 Å². The van der Waals surface area contributed by atoms with Crippen LogP contribution in [-0.2, 0) is 0 Å². The fraction of sp³-hybridized carbons (Fsp3) is 1.00. The van der Waals surface area contributed by atoms with Crippen molar-refractivity contribution in [3.05, 3.63) is 0 Å². The van der Waals surface area contributed by atoms with Crippen LogP contribution >= 0.6 is 8.22 Å². The van der Waals surface area contributed by atoms with Crippen LogP contribution in [0.3, 0.4) is 0 Å². The van der Waals surface area contributed by atoms with Gasteiger partial charge in [0.15, 0.2) is 0 Å². The van der Waals surface area contributed by atoms with Crippen molar-refractivity contribution in [2.24, 2.45) is 0 Å². The number of rotatable bonds is 1. The Bertz CT molecular complexity index is 97.8. The molecule has 1 aliphatic heterocycles. The molecule has 1 saturated heterocycles. The lowest BCUT2D eigenvalue weighted by Gasteiger charge is -2.39. The van der Waals surface area contributed by atoms with E-state index in [-0.39, 0.29) is 8.22 Å². The van der Waals surface area contributed by atoms with Gasteiger partial charge in [-0.2, -0.15) is 0 Å². The van der Waals surface area contributed by atoms with E-state index in [0.717, 1.165) is 0 Å². The van der Waals surface area contributed by atoms with Crippen molar-refractivity contribution < 1.29 is 0 Å². The van der Waals surface area contributed by atoms with Gasteiger partial charge >= 0.3 is 0 Å². The van der Waals surface area contributed by atoms with Crippen molar-refractivity contribution in [2.45, 2.75) is 13.3 Å². The van der Waals surface area contributed by atoms with Gasteiger partial charge in [-0.15, -0.1) is 0 Å². The molecule has 0 saturated carbocycles. The van der Waals surface area contributed by atoms with Gasteiger partial charge in [0.2, 0.25) is 0 Å². The second-order valence-corrected chi connectivity index (χ2v) is 5.55. The molecule has 0 N–H and O–H groups in total. The zero-order valence-corrected chi connectivity index (χ0v) is 8.06. The molecule has 1 rings (SSSR count). The first-order valence-electron chi connectivity index (χ1n) is 3.95. The molecule has 0 aliphatic carbocycles. The molecule has 0 amide bonds. The van der Waals surface area contributed by atoms with E-state index in [2.05, 4.69) is 30.4 Å². The normalized spacial score (nSPS) is 25.5. The summed E-state index contributed by atoms with van der Waals surface area (Å²) in [5.41, 5.74) is 0. The number of nitrogens with zero attached hydrogens (tertiary/aromatic N) is 2. The lowest BCUT2D eigenvalue weighted by Crippen LogP contribution is -2.32. The zero-order chi connectivity index (χ0) is 7.56. The number of hydrogen-bond donors (Lipinski definition) is 0. The molecule has 0 unspecified atom stereocenters. The highest BCUT2D eigenvalue weighted by Crippen LogP contribution is 2.43. The zero-order valence-electron chi connectivity index (χ0n) is 7.17. The quantitative estimate of drug-likeness (QED) is 0.537. The summed E-state index contributed by atoms with van der Waals surface area (Å²) in [7, 11) is 4.56. The van der Waals surface area contributed by atoms with Crippen LogP contribution in [0.15, 0.2) is 0 Å². The lowest BCUT2D eigenvalue weighted by molar-refractivity contribution is 0.384. The molecular formula is C7H17N2P. The maximum atomic E-state index is 2.50. The molecule has 0 aromatic heterocycles. The predicted octanol–water partition coefficient (Wildman–Crippen LogP) is 1.59. The van der Waals surface area contributed by atoms with Crippen LogP contribution in [0.25, 0.3) is 0 Å². The molecule has 0 radical (unpaired) electrons. The molecule has 0 aromatic rings. The Morgan fingerprint density at radius 1 is 1.20 bits per heavy atom. The van der Waals surface area contributed by atoms with Gasteiger partial charge in [0.05, 0.1) is 0 Å². The second kappa shape index (κ2) is 3.66. The van der Waals surface area contributed by atoms with Gasteiger partial charge in [-0.1, -0.05) is 6.92 Å². The van der Waals surface area contributed by atoms with E-state index in [1.54, 1.807) is 0 Å². The Morgan fingerprint density at radius 3 is 2.00 bits per heavy atom. The van der Waals surface area contributed by atoms with E-state index in [1.807, 2.05) is 0 Å². The summed E-state index contributed by atoms with van der Waals surface area (Å²) >= 11 is 0. The minimum atomic E-state index is 0.0747. The first kappa shape index (κ1) is 8.45. The van der Waals surface area contributed by atoms with E-state index in [1.165, 1.54) is 25.7 Å². The fourth-order valence-electron chi connectivity index (χ4n) is 1.50. The molecular weight excluding hydrogens is 143 g/mol. The largest absolute Gasteiger partial charge is 0.273 e. The highest BCUT2D eigenvalue weighted by Gasteiger charge is 2.21. The van der Waals surface area contributed by atoms with Crippen LogP contribution < -0.4 is 0 Å². The highest BCUT2D eigenvalue weighted by molar-refractivity contribution is 7.52. The number of hydrogen-bond acceptors (Lipinski definition) is 2. The Labute approximate surface area is 65.1 Å². The molecule has 1 heterocycles. The lowest BCUT2D eigenvalue weighted by atomic mass is 10.4. The maximum absolute atomic E-state index is 2.50. The molecule has 0 aromatic carbocycles. The van der Waals surface area contributed by atoms with Gasteiger partial charge in [0, 0.05) is 21.3 Å². The van der Waals surface area contributed by atoms with Gasteiger partial charge in [-0.3, -0.25) is 9.34 Å². The standard InChI is InChI=1S/C7H17N2P/c1-4-10-8(2)6-5-7-9(10)3/h4-7H2,1-3H3. The van der Waals surface area contributed by atoms with Crippen molar-refractivity contribution in [1.82, 2.24) is 9.34 Å². The molecule has 3 heteroatoms. The van der Waals surface area contributed by atoms with Gasteiger partial charge in [-0.05, 0) is 26.7 Å². The summed E-state index contributed by atoms with van der Waals surface area (Å²) < 4.78 is 5.00. The third kappa shape index (κ3) is 1.69.